The molecule has 424 valence electrons. The maximum Gasteiger partial charge on any atom is 0.155 e. The minimum atomic E-state index is -0.125. The van der Waals surface area contributed by atoms with Gasteiger partial charge in [0.1, 0.15) is 0 Å². The molecule has 11 aromatic rings. The van der Waals surface area contributed by atoms with Gasteiger partial charge in [0.05, 0.1) is 11.3 Å². The molecule has 0 fully saturated rings. The Morgan fingerprint density at radius 1 is 0.542 bits per heavy atom. The molecule has 0 aliphatic carbocycles. The molecule has 5 nitrogen and oxygen atoms in total. The van der Waals surface area contributed by atoms with E-state index in [1.165, 1.54) is 107 Å². The van der Waals surface area contributed by atoms with Crippen LogP contribution < -0.4 is 0 Å². The number of nitrogens with zero attached hydrogens (tertiary/aromatic N) is 3. The van der Waals surface area contributed by atoms with E-state index < -0.39 is 0 Å². The van der Waals surface area contributed by atoms with E-state index in [1.54, 1.807) is 0 Å². The van der Waals surface area contributed by atoms with E-state index in [0.717, 1.165) is 55.6 Å². The topological polar surface area (TPSA) is 76.0 Å². The van der Waals surface area contributed by atoms with Crippen molar-refractivity contribution in [2.45, 2.75) is 92.9 Å². The molecule has 0 aliphatic heterocycles. The fraction of sp³-hybridized carbons (Fsp3) is 0.184. The van der Waals surface area contributed by atoms with Crippen molar-refractivity contribution in [3.8, 4) is 67.2 Å². The van der Waals surface area contributed by atoms with Crippen molar-refractivity contribution in [2.75, 3.05) is 0 Å². The van der Waals surface area contributed by atoms with Gasteiger partial charge in [0.15, 0.2) is 5.78 Å². The van der Waals surface area contributed by atoms with Gasteiger partial charge in [-0.3, -0.25) is 9.78 Å². The van der Waals surface area contributed by atoms with Crippen LogP contribution in [0.3, 0.4) is 0 Å². The quantitative estimate of drug-likeness (QED) is 0.0571. The number of aromatic nitrogens is 3. The summed E-state index contributed by atoms with van der Waals surface area (Å²) in [6, 6.07) is 82.2. The first-order valence-electron chi connectivity index (χ1n) is 28.0. The molecule has 0 unspecified atom stereocenters. The first kappa shape index (κ1) is 64.4. The number of hydrogen-bond acceptors (Lipinski definition) is 5. The second kappa shape index (κ2) is 31.6. The van der Waals surface area contributed by atoms with Crippen LogP contribution in [0.1, 0.15) is 89.5 Å². The van der Waals surface area contributed by atoms with Gasteiger partial charge < -0.3 is 15.1 Å². The minimum Gasteiger partial charge on any atom is -0.512 e. The third-order valence-corrected chi connectivity index (χ3v) is 13.8. The number of benzene rings is 8. The summed E-state index contributed by atoms with van der Waals surface area (Å²) in [5, 5.41) is 11.9. The molecular formula is C76H72Ir2N3O2-3. The van der Waals surface area contributed by atoms with Crippen LogP contribution in [0.15, 0.2) is 230 Å². The molecule has 0 saturated carbocycles. The van der Waals surface area contributed by atoms with E-state index in [9.17, 15) is 4.79 Å². The average molecular weight is 1440 g/mol. The SMILES string of the molecule is CC(=O)C=C(C)O.CC(C)(C)c1ccc(-c2cc[c-]c(-c3nccc4ccccc34)c2)cc1.CCCCCCc1ccc(-c2cc[c-]c(-c3ccccn3)c2)cc1.Cc1[c-]c(-c2ccc3cc(-c4ccccc4)ccc3n2)cc(C)c1.[Ir].[Ir]. The number of unbranched alkanes of at least 4 members (excludes halogenated alkanes) is 3. The summed E-state index contributed by atoms with van der Waals surface area (Å²) in [5.41, 5.74) is 19.7. The van der Waals surface area contributed by atoms with Crippen molar-refractivity contribution >= 4 is 27.5 Å². The van der Waals surface area contributed by atoms with Gasteiger partial charge in [0.25, 0.3) is 0 Å². The number of carbonyl (C=O) groups is 1. The standard InChI is InChI=1S/C25H22N.C23H18N.C23H24N.C5H8O2.2Ir/c1-25(2,3)22-13-11-18(12-14-22)20-8-6-9-21(17-20)24-23-10-5-4-7-19(23)15-16-26-24;1-16-12-17(2)14-21(13-16)23-11-9-20-15-19(8-10-22(20)24-23)18-6-4-3-5-7-18;1-2-3-4-5-9-19-13-15-20(16-14-19)21-10-8-11-22(18-21)23-12-6-7-17-24-23;1-4(6)3-5(2)7;;/h4-8,10-17H,1-3H3;3-13,15H,1-2H3;6-8,10,12-18H,2-5,9H2,1H3;3,6H,1-2H3;;/q3*-1;;;. The van der Waals surface area contributed by atoms with Crippen LogP contribution in [0.4, 0.5) is 0 Å². The van der Waals surface area contributed by atoms with E-state index >= 15 is 0 Å². The largest absolute Gasteiger partial charge is 0.512 e. The third-order valence-electron chi connectivity index (χ3n) is 13.8. The Hall–Kier alpha value is -7.76. The predicted octanol–water partition coefficient (Wildman–Crippen LogP) is 20.0. The number of fused-ring (bicyclic) bond motifs is 2. The summed E-state index contributed by atoms with van der Waals surface area (Å²) in [6.45, 7) is 16.0. The van der Waals surface area contributed by atoms with Crippen molar-refractivity contribution in [2.24, 2.45) is 0 Å². The number of allylic oxidation sites excluding steroid dienone is 2. The molecule has 2 radical (unpaired) electrons. The number of hydrogen-bond donors (Lipinski definition) is 1. The Bertz CT molecular complexity index is 3820. The first-order chi connectivity index (χ1) is 39.2. The van der Waals surface area contributed by atoms with Crippen LogP contribution in [0.25, 0.3) is 88.8 Å². The zero-order valence-electron chi connectivity index (χ0n) is 48.8. The van der Waals surface area contributed by atoms with Gasteiger partial charge >= 0.3 is 0 Å². The normalized spacial score (nSPS) is 10.9. The van der Waals surface area contributed by atoms with Crippen LogP contribution >= 0.6 is 0 Å². The summed E-state index contributed by atoms with van der Waals surface area (Å²) in [7, 11) is 0. The molecule has 1 N–H and O–H groups in total. The van der Waals surface area contributed by atoms with E-state index in [-0.39, 0.29) is 57.2 Å². The second-order valence-electron chi connectivity index (χ2n) is 21.5. The zero-order valence-corrected chi connectivity index (χ0v) is 53.6. The molecule has 0 atom stereocenters. The van der Waals surface area contributed by atoms with Crippen molar-refractivity contribution in [1.82, 2.24) is 15.0 Å². The van der Waals surface area contributed by atoms with E-state index in [4.69, 9.17) is 10.1 Å². The molecule has 0 spiro atoms. The van der Waals surface area contributed by atoms with Crippen LogP contribution in [-0.2, 0) is 56.8 Å². The van der Waals surface area contributed by atoms with Gasteiger partial charge in [-0.15, -0.1) is 106 Å². The molecular weight excluding hydrogens is 1370 g/mol. The number of aliphatic hydroxyl groups is 1. The van der Waals surface area contributed by atoms with Gasteiger partial charge in [-0.1, -0.05) is 194 Å². The van der Waals surface area contributed by atoms with E-state index in [1.807, 2.05) is 54.9 Å². The van der Waals surface area contributed by atoms with Crippen molar-refractivity contribution in [3.05, 3.63) is 271 Å². The first-order valence-corrected chi connectivity index (χ1v) is 28.0. The number of pyridine rings is 3. The molecule has 83 heavy (non-hydrogen) atoms. The van der Waals surface area contributed by atoms with Gasteiger partial charge in [-0.2, -0.15) is 0 Å². The van der Waals surface area contributed by atoms with Gasteiger partial charge in [0.2, 0.25) is 0 Å². The summed E-state index contributed by atoms with van der Waals surface area (Å²) >= 11 is 0. The molecule has 3 heterocycles. The summed E-state index contributed by atoms with van der Waals surface area (Å²) in [6.07, 6.45) is 11.3. The van der Waals surface area contributed by atoms with Crippen LogP contribution in [0, 0.1) is 32.0 Å². The van der Waals surface area contributed by atoms with Gasteiger partial charge in [0, 0.05) is 58.7 Å². The minimum absolute atomic E-state index is 0. The Balaban J connectivity index is 0.000000187. The Labute approximate surface area is 519 Å². The van der Waals surface area contributed by atoms with Crippen molar-refractivity contribution in [3.63, 3.8) is 0 Å². The number of ketones is 1. The smallest absolute Gasteiger partial charge is 0.155 e. The number of carbonyl (C=O) groups excluding carboxylic acids is 1. The number of rotatable bonds is 12. The molecule has 11 rings (SSSR count). The van der Waals surface area contributed by atoms with Gasteiger partial charge in [-0.25, -0.2) is 0 Å². The molecule has 0 saturated heterocycles. The Morgan fingerprint density at radius 3 is 1.81 bits per heavy atom. The molecule has 3 aromatic heterocycles. The second-order valence-corrected chi connectivity index (χ2v) is 21.5. The zero-order chi connectivity index (χ0) is 57.1. The van der Waals surface area contributed by atoms with E-state index in [2.05, 4.69) is 234 Å². The molecule has 0 bridgehead atoms. The number of aryl methyl sites for hydroxylation is 3. The summed E-state index contributed by atoms with van der Waals surface area (Å²) in [4.78, 5) is 23.9. The molecule has 7 heteroatoms. The van der Waals surface area contributed by atoms with Crippen molar-refractivity contribution < 1.29 is 50.1 Å². The fourth-order valence-electron chi connectivity index (χ4n) is 9.63. The van der Waals surface area contributed by atoms with Crippen molar-refractivity contribution in [1.29, 1.82) is 0 Å². The molecule has 0 amide bonds. The van der Waals surface area contributed by atoms with E-state index in [0.29, 0.717) is 0 Å². The monoisotopic (exact) mass is 1440 g/mol. The van der Waals surface area contributed by atoms with Gasteiger partial charge in [-0.05, 0) is 123 Å². The van der Waals surface area contributed by atoms with Crippen LogP contribution in [-0.4, -0.2) is 25.8 Å². The van der Waals surface area contributed by atoms with Crippen LogP contribution in [0.2, 0.25) is 0 Å². The maximum atomic E-state index is 10.0. The number of aliphatic hydroxyl groups excluding tert-OH is 1. The Morgan fingerprint density at radius 2 is 1.17 bits per heavy atom. The molecule has 8 aromatic carbocycles. The summed E-state index contributed by atoms with van der Waals surface area (Å²) < 4.78 is 0. The van der Waals surface area contributed by atoms with Crippen LogP contribution in [0.5, 0.6) is 0 Å². The Kier molecular flexibility index (Phi) is 24.5. The average Bonchev–Trinajstić information content (AvgIpc) is 3.55. The third kappa shape index (κ3) is 18.9. The fourth-order valence-corrected chi connectivity index (χ4v) is 9.63. The maximum absolute atomic E-state index is 10.0. The predicted molar refractivity (Wildman–Crippen MR) is 340 cm³/mol. The molecule has 0 aliphatic rings. The summed E-state index contributed by atoms with van der Waals surface area (Å²) in [5.74, 6) is -0.0625.